The van der Waals surface area contributed by atoms with E-state index in [2.05, 4.69) is 15.0 Å². The molecule has 1 aromatic heterocycles. The Morgan fingerprint density at radius 2 is 1.90 bits per heavy atom. The monoisotopic (exact) mass is 311 g/mol. The Morgan fingerprint density at radius 3 is 2.40 bits per heavy atom. The van der Waals surface area contributed by atoms with Gasteiger partial charge in [0.05, 0.1) is 4.90 Å². The molecule has 0 atom stereocenters. The van der Waals surface area contributed by atoms with Crippen molar-refractivity contribution < 1.29 is 13.2 Å². The van der Waals surface area contributed by atoms with Crippen molar-refractivity contribution in [2.75, 3.05) is 12.4 Å². The molecule has 8 heteroatoms. The van der Waals surface area contributed by atoms with Gasteiger partial charge in [-0.05, 0) is 38.2 Å². The summed E-state index contributed by atoms with van der Waals surface area (Å²) in [6.45, 7) is 1.89. The topological polar surface area (TPSA) is 88.2 Å². The number of thiazole rings is 1. The lowest BCUT2D eigenvalue weighted by Crippen LogP contribution is -2.19. The number of anilines is 1. The molecule has 1 aromatic carbocycles. The van der Waals surface area contributed by atoms with E-state index in [0.717, 1.165) is 4.88 Å². The van der Waals surface area contributed by atoms with Gasteiger partial charge in [0.15, 0.2) is 5.13 Å². The van der Waals surface area contributed by atoms with E-state index < -0.39 is 10.0 Å². The number of sulfonamides is 1. The number of benzene rings is 1. The molecule has 0 saturated heterocycles. The Kier molecular flexibility index (Phi) is 4.17. The van der Waals surface area contributed by atoms with Crippen LogP contribution in [0.3, 0.4) is 0 Å². The van der Waals surface area contributed by atoms with Crippen LogP contribution in [0.25, 0.3) is 0 Å². The van der Waals surface area contributed by atoms with Gasteiger partial charge in [-0.25, -0.2) is 18.1 Å². The van der Waals surface area contributed by atoms with Crippen molar-refractivity contribution in [1.82, 2.24) is 9.71 Å². The predicted octanol–water partition coefficient (Wildman–Crippen LogP) is 1.61. The van der Waals surface area contributed by atoms with Crippen molar-refractivity contribution in [3.8, 4) is 0 Å². The van der Waals surface area contributed by atoms with Crippen molar-refractivity contribution in [3.05, 3.63) is 40.9 Å². The van der Waals surface area contributed by atoms with Crippen LogP contribution >= 0.6 is 11.3 Å². The van der Waals surface area contributed by atoms with Crippen molar-refractivity contribution in [3.63, 3.8) is 0 Å². The lowest BCUT2D eigenvalue weighted by atomic mass is 10.2. The first-order chi connectivity index (χ1) is 9.42. The van der Waals surface area contributed by atoms with Crippen LogP contribution in [-0.4, -0.2) is 26.4 Å². The fourth-order valence-corrected chi connectivity index (χ4v) is 2.87. The molecular weight excluding hydrogens is 298 g/mol. The lowest BCUT2D eigenvalue weighted by Gasteiger charge is -2.04. The van der Waals surface area contributed by atoms with E-state index in [0.29, 0.717) is 10.7 Å². The minimum atomic E-state index is -3.49. The molecule has 6 nitrogen and oxygen atoms in total. The first kappa shape index (κ1) is 14.6. The van der Waals surface area contributed by atoms with Crippen LogP contribution in [0.5, 0.6) is 0 Å². The van der Waals surface area contributed by atoms with Crippen LogP contribution in [0.15, 0.2) is 35.4 Å². The molecule has 2 aromatic rings. The number of hydrogen-bond acceptors (Lipinski definition) is 5. The molecule has 0 aliphatic rings. The molecular formula is C12H13N3O3S2. The van der Waals surface area contributed by atoms with Crippen LogP contribution in [-0.2, 0) is 10.0 Å². The van der Waals surface area contributed by atoms with Gasteiger partial charge in [0.1, 0.15) is 0 Å². The van der Waals surface area contributed by atoms with E-state index in [-0.39, 0.29) is 10.8 Å². The standard InChI is InChI=1S/C12H13N3O3S2/c1-8-7-14-12(19-8)15-11(16)9-3-5-10(6-4-9)20(17,18)13-2/h3-7,13H,1-2H3,(H,14,15,16). The average Bonchev–Trinajstić information content (AvgIpc) is 2.84. The van der Waals surface area contributed by atoms with E-state index in [1.54, 1.807) is 6.20 Å². The quantitative estimate of drug-likeness (QED) is 0.898. The Labute approximate surface area is 120 Å². The largest absolute Gasteiger partial charge is 0.298 e. The molecule has 2 N–H and O–H groups in total. The van der Waals surface area contributed by atoms with E-state index in [4.69, 9.17) is 0 Å². The third-order valence-corrected chi connectivity index (χ3v) is 4.80. The van der Waals surface area contributed by atoms with Crippen LogP contribution in [0.4, 0.5) is 5.13 Å². The highest BCUT2D eigenvalue weighted by molar-refractivity contribution is 7.89. The van der Waals surface area contributed by atoms with E-state index in [1.807, 2.05) is 6.92 Å². The third kappa shape index (κ3) is 3.21. The van der Waals surface area contributed by atoms with Gasteiger partial charge in [-0.2, -0.15) is 0 Å². The number of carbonyl (C=O) groups is 1. The number of aryl methyl sites for hydroxylation is 1. The second-order valence-corrected chi connectivity index (χ2v) is 7.08. The number of rotatable bonds is 4. The van der Waals surface area contributed by atoms with Gasteiger partial charge in [-0.15, -0.1) is 11.3 Å². The van der Waals surface area contributed by atoms with Crippen molar-refractivity contribution in [2.45, 2.75) is 11.8 Å². The summed E-state index contributed by atoms with van der Waals surface area (Å²) < 4.78 is 25.3. The molecule has 0 fully saturated rings. The molecule has 0 bridgehead atoms. The first-order valence-corrected chi connectivity index (χ1v) is 8.00. The Balaban J connectivity index is 2.16. The summed E-state index contributed by atoms with van der Waals surface area (Å²) in [4.78, 5) is 17.1. The average molecular weight is 311 g/mol. The number of hydrogen-bond donors (Lipinski definition) is 2. The van der Waals surface area contributed by atoms with Gasteiger partial charge in [-0.3, -0.25) is 10.1 Å². The fraction of sp³-hybridized carbons (Fsp3) is 0.167. The summed E-state index contributed by atoms with van der Waals surface area (Å²) in [7, 11) is -2.15. The molecule has 0 saturated carbocycles. The number of amides is 1. The minimum absolute atomic E-state index is 0.113. The fourth-order valence-electron chi connectivity index (χ4n) is 1.49. The summed E-state index contributed by atoms with van der Waals surface area (Å²) in [5.74, 6) is -0.326. The van der Waals surface area contributed by atoms with Crippen molar-refractivity contribution >= 4 is 32.4 Å². The van der Waals surface area contributed by atoms with Gasteiger partial charge in [0.2, 0.25) is 10.0 Å². The molecule has 0 radical (unpaired) electrons. The minimum Gasteiger partial charge on any atom is -0.298 e. The summed E-state index contributed by atoms with van der Waals surface area (Å²) in [5.41, 5.74) is 0.368. The zero-order valence-corrected chi connectivity index (χ0v) is 12.5. The SMILES string of the molecule is CNS(=O)(=O)c1ccc(C(=O)Nc2ncc(C)s2)cc1. The van der Waals surface area contributed by atoms with Gasteiger partial charge in [0, 0.05) is 16.6 Å². The normalized spacial score (nSPS) is 11.3. The smallest absolute Gasteiger partial charge is 0.257 e. The number of nitrogens with zero attached hydrogens (tertiary/aromatic N) is 1. The van der Waals surface area contributed by atoms with Crippen molar-refractivity contribution in [1.29, 1.82) is 0 Å². The molecule has 2 rings (SSSR count). The zero-order chi connectivity index (χ0) is 14.8. The van der Waals surface area contributed by atoms with Gasteiger partial charge >= 0.3 is 0 Å². The Hall–Kier alpha value is -1.77. The number of carbonyl (C=O) groups excluding carboxylic acids is 1. The summed E-state index contributed by atoms with van der Waals surface area (Å²) in [6, 6.07) is 5.68. The maximum absolute atomic E-state index is 11.9. The molecule has 0 aliphatic carbocycles. The molecule has 0 spiro atoms. The van der Waals surface area contributed by atoms with Crippen molar-refractivity contribution in [2.24, 2.45) is 0 Å². The van der Waals surface area contributed by atoms with Crippen LogP contribution in [0.2, 0.25) is 0 Å². The van der Waals surface area contributed by atoms with Crippen LogP contribution in [0, 0.1) is 6.92 Å². The maximum Gasteiger partial charge on any atom is 0.257 e. The summed E-state index contributed by atoms with van der Waals surface area (Å²) in [6.07, 6.45) is 1.67. The second kappa shape index (κ2) is 5.70. The maximum atomic E-state index is 11.9. The third-order valence-electron chi connectivity index (χ3n) is 2.54. The Morgan fingerprint density at radius 1 is 1.25 bits per heavy atom. The predicted molar refractivity (Wildman–Crippen MR) is 77.5 cm³/mol. The van der Waals surface area contributed by atoms with Crippen LogP contribution < -0.4 is 10.0 Å². The summed E-state index contributed by atoms with van der Waals surface area (Å²) in [5, 5.41) is 3.17. The second-order valence-electron chi connectivity index (χ2n) is 3.96. The van der Waals surface area contributed by atoms with Crippen LogP contribution in [0.1, 0.15) is 15.2 Å². The molecule has 0 aliphatic heterocycles. The zero-order valence-electron chi connectivity index (χ0n) is 10.9. The van der Waals surface area contributed by atoms with E-state index in [1.165, 1.54) is 42.6 Å². The lowest BCUT2D eigenvalue weighted by molar-refractivity contribution is 0.102. The highest BCUT2D eigenvalue weighted by Crippen LogP contribution is 2.18. The molecule has 1 heterocycles. The summed E-state index contributed by atoms with van der Waals surface area (Å²) >= 11 is 1.37. The van der Waals surface area contributed by atoms with Gasteiger partial charge < -0.3 is 0 Å². The Bertz CT molecular complexity index is 721. The number of aromatic nitrogens is 1. The molecule has 20 heavy (non-hydrogen) atoms. The highest BCUT2D eigenvalue weighted by Gasteiger charge is 2.13. The van der Waals surface area contributed by atoms with E-state index in [9.17, 15) is 13.2 Å². The van der Waals surface area contributed by atoms with Gasteiger partial charge in [0.25, 0.3) is 5.91 Å². The molecule has 1 amide bonds. The molecule has 0 unspecified atom stereocenters. The molecule has 106 valence electrons. The van der Waals surface area contributed by atoms with E-state index >= 15 is 0 Å². The first-order valence-electron chi connectivity index (χ1n) is 5.70. The highest BCUT2D eigenvalue weighted by atomic mass is 32.2. The number of nitrogens with one attached hydrogen (secondary N) is 2. The van der Waals surface area contributed by atoms with Gasteiger partial charge in [-0.1, -0.05) is 0 Å².